The fraction of sp³-hybridized carbons (Fsp3) is 0.231. The van der Waals surface area contributed by atoms with Gasteiger partial charge in [-0.3, -0.25) is 15.0 Å². The Kier molecular flexibility index (Phi) is 7.80. The Morgan fingerprint density at radius 1 is 1.06 bits per heavy atom. The highest BCUT2D eigenvalue weighted by atomic mass is 35.5. The van der Waals surface area contributed by atoms with Crippen molar-refractivity contribution in [3.8, 4) is 16.9 Å². The van der Waals surface area contributed by atoms with Crippen LogP contribution >= 0.6 is 23.7 Å². The quantitative estimate of drug-likeness (QED) is 0.392. The number of thiazole rings is 1. The van der Waals surface area contributed by atoms with Gasteiger partial charge in [-0.15, -0.1) is 12.4 Å². The molecule has 8 heteroatoms. The van der Waals surface area contributed by atoms with E-state index < -0.39 is 0 Å². The molecule has 5 rings (SSSR count). The largest absolute Gasteiger partial charge is 0.494 e. The lowest BCUT2D eigenvalue weighted by Gasteiger charge is -2.27. The summed E-state index contributed by atoms with van der Waals surface area (Å²) in [7, 11) is 1.64. The van der Waals surface area contributed by atoms with Crippen molar-refractivity contribution in [2.75, 3.05) is 38.6 Å². The fourth-order valence-corrected chi connectivity index (χ4v) is 5.12. The second-order valence-electron chi connectivity index (χ2n) is 8.06. The van der Waals surface area contributed by atoms with Crippen LogP contribution in [-0.2, 0) is 6.54 Å². The van der Waals surface area contributed by atoms with Crippen molar-refractivity contribution in [2.45, 2.75) is 6.54 Å². The van der Waals surface area contributed by atoms with Crippen LogP contribution in [0.4, 0.5) is 5.13 Å². The maximum absolute atomic E-state index is 12.9. The van der Waals surface area contributed by atoms with E-state index in [0.29, 0.717) is 16.4 Å². The first-order valence-electron chi connectivity index (χ1n) is 11.1. The van der Waals surface area contributed by atoms with Gasteiger partial charge >= 0.3 is 0 Å². The summed E-state index contributed by atoms with van der Waals surface area (Å²) in [5.74, 6) is 0.529. The topological polar surface area (TPSA) is 66.5 Å². The van der Waals surface area contributed by atoms with E-state index in [1.54, 1.807) is 7.11 Å². The molecule has 34 heavy (non-hydrogen) atoms. The van der Waals surface area contributed by atoms with Crippen LogP contribution in [0.2, 0.25) is 0 Å². The number of amides is 1. The van der Waals surface area contributed by atoms with Crippen LogP contribution in [0.5, 0.6) is 5.75 Å². The lowest BCUT2D eigenvalue weighted by Crippen LogP contribution is -2.42. The molecule has 0 atom stereocenters. The predicted molar refractivity (Wildman–Crippen MR) is 141 cm³/mol. The minimum absolute atomic E-state index is 0. The number of carbonyl (C=O) groups is 1. The summed E-state index contributed by atoms with van der Waals surface area (Å²) < 4.78 is 6.51. The number of hydrogen-bond acceptors (Lipinski definition) is 6. The van der Waals surface area contributed by atoms with Gasteiger partial charge in [0.05, 0.1) is 11.8 Å². The molecule has 6 nitrogen and oxygen atoms in total. The van der Waals surface area contributed by atoms with Gasteiger partial charge in [-0.25, -0.2) is 4.98 Å². The van der Waals surface area contributed by atoms with Gasteiger partial charge in [0.2, 0.25) is 0 Å². The molecule has 2 N–H and O–H groups in total. The number of hydrogen-bond donors (Lipinski definition) is 2. The molecular weight excluding hydrogens is 468 g/mol. The molecule has 0 bridgehead atoms. The van der Waals surface area contributed by atoms with Crippen LogP contribution in [0.3, 0.4) is 0 Å². The summed E-state index contributed by atoms with van der Waals surface area (Å²) in [6, 6.07) is 22.0. The van der Waals surface area contributed by atoms with E-state index in [-0.39, 0.29) is 18.3 Å². The number of ether oxygens (including phenoxy) is 1. The number of aromatic nitrogens is 1. The summed E-state index contributed by atoms with van der Waals surface area (Å²) in [5.41, 5.74) is 4.76. The maximum atomic E-state index is 12.9. The van der Waals surface area contributed by atoms with Crippen molar-refractivity contribution >= 4 is 45.0 Å². The molecule has 0 unspecified atom stereocenters. The molecule has 0 aliphatic carbocycles. The van der Waals surface area contributed by atoms with E-state index in [9.17, 15) is 4.79 Å². The Bertz CT molecular complexity index is 1260. The van der Waals surface area contributed by atoms with E-state index in [4.69, 9.17) is 4.74 Å². The number of fused-ring (bicyclic) bond motifs is 1. The van der Waals surface area contributed by atoms with Crippen LogP contribution in [0, 0.1) is 0 Å². The first-order chi connectivity index (χ1) is 16.2. The molecule has 176 valence electrons. The molecule has 1 fully saturated rings. The van der Waals surface area contributed by atoms with E-state index >= 15 is 0 Å². The number of anilines is 1. The average Bonchev–Trinajstić information content (AvgIpc) is 3.28. The monoisotopic (exact) mass is 494 g/mol. The Balaban J connectivity index is 0.00000274. The van der Waals surface area contributed by atoms with Gasteiger partial charge in [0.15, 0.2) is 5.13 Å². The molecule has 0 saturated carbocycles. The van der Waals surface area contributed by atoms with Crippen molar-refractivity contribution in [3.63, 3.8) is 0 Å². The van der Waals surface area contributed by atoms with Gasteiger partial charge in [0.1, 0.15) is 11.3 Å². The van der Waals surface area contributed by atoms with Gasteiger partial charge in [-0.1, -0.05) is 53.8 Å². The minimum atomic E-state index is -0.164. The summed E-state index contributed by atoms with van der Waals surface area (Å²) in [5, 5.41) is 6.90. The maximum Gasteiger partial charge on any atom is 0.257 e. The number of rotatable bonds is 6. The molecule has 0 spiro atoms. The minimum Gasteiger partial charge on any atom is -0.494 e. The van der Waals surface area contributed by atoms with Crippen molar-refractivity contribution in [3.05, 3.63) is 77.9 Å². The van der Waals surface area contributed by atoms with Crippen LogP contribution in [0.15, 0.2) is 66.7 Å². The zero-order valence-corrected chi connectivity index (χ0v) is 20.5. The Morgan fingerprint density at radius 2 is 1.79 bits per heavy atom. The van der Waals surface area contributed by atoms with Crippen LogP contribution < -0.4 is 15.4 Å². The molecular formula is C26H27ClN4O2S. The molecule has 1 aliphatic rings. The summed E-state index contributed by atoms with van der Waals surface area (Å²) in [6.45, 7) is 5.06. The molecule has 1 amide bonds. The molecule has 3 aromatic carbocycles. The lowest BCUT2D eigenvalue weighted by atomic mass is 10.1. The highest BCUT2D eigenvalue weighted by Gasteiger charge is 2.17. The van der Waals surface area contributed by atoms with Crippen molar-refractivity contribution in [1.82, 2.24) is 15.2 Å². The van der Waals surface area contributed by atoms with Gasteiger partial charge in [0, 0.05) is 43.9 Å². The molecule has 2 heterocycles. The predicted octanol–water partition coefficient (Wildman–Crippen LogP) is 5.05. The first kappa shape index (κ1) is 24.2. The van der Waals surface area contributed by atoms with Crippen LogP contribution in [0.1, 0.15) is 15.9 Å². The third kappa shape index (κ3) is 5.23. The number of nitrogens with zero attached hydrogens (tertiary/aromatic N) is 2. The Hall–Kier alpha value is -2.97. The van der Waals surface area contributed by atoms with Gasteiger partial charge < -0.3 is 10.1 Å². The zero-order chi connectivity index (χ0) is 22.6. The molecule has 0 radical (unpaired) electrons. The second-order valence-corrected chi connectivity index (χ2v) is 9.05. The molecule has 1 aromatic heterocycles. The highest BCUT2D eigenvalue weighted by molar-refractivity contribution is 7.23. The van der Waals surface area contributed by atoms with E-state index in [0.717, 1.165) is 54.1 Å². The van der Waals surface area contributed by atoms with E-state index in [1.807, 2.05) is 54.6 Å². The van der Waals surface area contributed by atoms with Crippen molar-refractivity contribution in [2.24, 2.45) is 0 Å². The van der Waals surface area contributed by atoms with E-state index in [1.165, 1.54) is 16.9 Å². The third-order valence-corrected chi connectivity index (χ3v) is 6.87. The van der Waals surface area contributed by atoms with E-state index in [2.05, 4.69) is 32.7 Å². The summed E-state index contributed by atoms with van der Waals surface area (Å²) >= 11 is 1.46. The third-order valence-electron chi connectivity index (χ3n) is 5.86. The number of methoxy groups -OCH3 is 1. The second kappa shape index (κ2) is 11.0. The lowest BCUT2D eigenvalue weighted by molar-refractivity contribution is 0.102. The SMILES string of the molecule is COc1ccc(-c2ccccc2)c2sc(NC(=O)c3ccc(CN4CCNCC4)cc3)nc12.Cl. The smallest absolute Gasteiger partial charge is 0.257 e. The number of nitrogens with one attached hydrogen (secondary N) is 2. The average molecular weight is 495 g/mol. The zero-order valence-electron chi connectivity index (χ0n) is 18.9. The van der Waals surface area contributed by atoms with Gasteiger partial charge in [0.25, 0.3) is 5.91 Å². The van der Waals surface area contributed by atoms with Crippen LogP contribution in [-0.4, -0.2) is 49.1 Å². The number of piperazine rings is 1. The molecule has 4 aromatic rings. The van der Waals surface area contributed by atoms with Gasteiger partial charge in [-0.2, -0.15) is 0 Å². The summed E-state index contributed by atoms with van der Waals surface area (Å²) in [4.78, 5) is 20.0. The van der Waals surface area contributed by atoms with Crippen LogP contribution in [0.25, 0.3) is 21.3 Å². The molecule has 1 saturated heterocycles. The fourth-order valence-electron chi connectivity index (χ4n) is 4.10. The number of benzene rings is 3. The van der Waals surface area contributed by atoms with Crippen molar-refractivity contribution in [1.29, 1.82) is 0 Å². The first-order valence-corrected chi connectivity index (χ1v) is 11.9. The number of halogens is 1. The normalized spacial score (nSPS) is 13.9. The van der Waals surface area contributed by atoms with Crippen molar-refractivity contribution < 1.29 is 9.53 Å². The highest BCUT2D eigenvalue weighted by Crippen LogP contribution is 2.39. The Morgan fingerprint density at radius 3 is 2.50 bits per heavy atom. The number of carbonyl (C=O) groups excluding carboxylic acids is 1. The van der Waals surface area contributed by atoms with Gasteiger partial charge in [-0.05, 0) is 35.4 Å². The Labute approximate surface area is 209 Å². The molecule has 1 aliphatic heterocycles. The standard InChI is InChI=1S/C26H26N4O2S.ClH/c1-32-22-12-11-21(19-5-3-2-4-6-19)24-23(22)28-26(33-24)29-25(31)20-9-7-18(8-10-20)17-30-15-13-27-14-16-30;/h2-12,27H,13-17H2,1H3,(H,28,29,31);1H. The summed E-state index contributed by atoms with van der Waals surface area (Å²) in [6.07, 6.45) is 0.